The molecule has 0 aliphatic rings. The van der Waals surface area contributed by atoms with Crippen LogP contribution in [0.15, 0.2) is 36.4 Å². The minimum atomic E-state index is -4.86. The lowest BCUT2D eigenvalue weighted by Gasteiger charge is -2.17. The number of alkyl halides is 4. The van der Waals surface area contributed by atoms with Crippen molar-refractivity contribution in [3.8, 4) is 11.5 Å². The first-order chi connectivity index (χ1) is 13.5. The SMILES string of the molecule is CC.CC(C)Oc1cc(C(=O)c2cc(F)cc(OC(F)(F)C(F)F)c2)ccc1F. The summed E-state index contributed by atoms with van der Waals surface area (Å²) in [5.74, 6) is -3.94. The molecule has 3 nitrogen and oxygen atoms in total. The van der Waals surface area contributed by atoms with Crippen molar-refractivity contribution >= 4 is 5.78 Å². The Hall–Kier alpha value is -2.71. The molecule has 2 aromatic rings. The van der Waals surface area contributed by atoms with Crippen LogP contribution in [0.3, 0.4) is 0 Å². The van der Waals surface area contributed by atoms with E-state index in [1.165, 1.54) is 0 Å². The minimum absolute atomic E-state index is 0.121. The van der Waals surface area contributed by atoms with Crippen LogP contribution in [-0.4, -0.2) is 24.4 Å². The molecule has 0 atom stereocenters. The second-order valence-corrected chi connectivity index (χ2v) is 5.78. The number of rotatable bonds is 7. The number of hydrogen-bond donors (Lipinski definition) is 0. The summed E-state index contributed by atoms with van der Waals surface area (Å²) in [4.78, 5) is 12.5. The largest absolute Gasteiger partial charge is 0.488 e. The Bertz CT molecular complexity index is 837. The molecule has 9 heteroatoms. The zero-order chi connectivity index (χ0) is 22.4. The highest BCUT2D eigenvalue weighted by Crippen LogP contribution is 2.30. The van der Waals surface area contributed by atoms with Crippen molar-refractivity contribution in [2.24, 2.45) is 0 Å². The number of ether oxygens (including phenoxy) is 2. The van der Waals surface area contributed by atoms with Gasteiger partial charge >= 0.3 is 12.5 Å². The third kappa shape index (κ3) is 6.69. The lowest BCUT2D eigenvalue weighted by atomic mass is 10.0. The average Bonchev–Trinajstić information content (AvgIpc) is 2.63. The maximum atomic E-state index is 13.7. The minimum Gasteiger partial charge on any atom is -0.488 e. The molecule has 0 radical (unpaired) electrons. The molecule has 29 heavy (non-hydrogen) atoms. The average molecular weight is 422 g/mol. The lowest BCUT2D eigenvalue weighted by molar-refractivity contribution is -0.253. The van der Waals surface area contributed by atoms with Crippen LogP contribution < -0.4 is 9.47 Å². The molecular formula is C20H20F6O3. The third-order valence-electron chi connectivity index (χ3n) is 3.20. The zero-order valence-corrected chi connectivity index (χ0v) is 16.1. The van der Waals surface area contributed by atoms with Crippen molar-refractivity contribution in [3.63, 3.8) is 0 Å². The molecule has 0 heterocycles. The van der Waals surface area contributed by atoms with E-state index in [9.17, 15) is 31.1 Å². The number of carbonyl (C=O) groups excluding carboxylic acids is 1. The highest BCUT2D eigenvalue weighted by Gasteiger charge is 2.44. The molecule has 0 aromatic heterocycles. The Labute approximate surface area is 164 Å². The van der Waals surface area contributed by atoms with Crippen molar-refractivity contribution in [1.29, 1.82) is 0 Å². The van der Waals surface area contributed by atoms with Gasteiger partial charge in [0.25, 0.3) is 0 Å². The Balaban J connectivity index is 0.00000204. The van der Waals surface area contributed by atoms with Gasteiger partial charge in [0.05, 0.1) is 6.10 Å². The highest BCUT2D eigenvalue weighted by atomic mass is 19.3. The normalized spacial score (nSPS) is 11.2. The molecule has 0 spiro atoms. The van der Waals surface area contributed by atoms with Crippen molar-refractivity contribution in [3.05, 3.63) is 59.2 Å². The maximum absolute atomic E-state index is 13.7. The van der Waals surface area contributed by atoms with Gasteiger partial charge in [-0.1, -0.05) is 13.8 Å². The van der Waals surface area contributed by atoms with Gasteiger partial charge in [0.15, 0.2) is 17.3 Å². The molecule has 0 aliphatic heterocycles. The number of carbonyl (C=O) groups is 1. The molecule has 0 saturated carbocycles. The van der Waals surface area contributed by atoms with E-state index in [0.29, 0.717) is 18.2 Å². The van der Waals surface area contributed by atoms with Gasteiger partial charge in [0, 0.05) is 17.2 Å². The summed E-state index contributed by atoms with van der Waals surface area (Å²) < 4.78 is 86.8. The van der Waals surface area contributed by atoms with Crippen LogP contribution in [0.25, 0.3) is 0 Å². The van der Waals surface area contributed by atoms with Gasteiger partial charge in [0.1, 0.15) is 11.6 Å². The van der Waals surface area contributed by atoms with Crippen molar-refractivity contribution < 1.29 is 40.6 Å². The van der Waals surface area contributed by atoms with Gasteiger partial charge < -0.3 is 9.47 Å². The van der Waals surface area contributed by atoms with Crippen molar-refractivity contribution in [2.45, 2.75) is 46.3 Å². The summed E-state index contributed by atoms with van der Waals surface area (Å²) in [5, 5.41) is 0. The molecule has 0 amide bonds. The van der Waals surface area contributed by atoms with Crippen LogP contribution >= 0.6 is 0 Å². The fraction of sp³-hybridized carbons (Fsp3) is 0.350. The number of halogens is 6. The summed E-state index contributed by atoms with van der Waals surface area (Å²) in [5.41, 5.74) is -0.568. The van der Waals surface area contributed by atoms with Crippen LogP contribution in [0.4, 0.5) is 26.3 Å². The third-order valence-corrected chi connectivity index (χ3v) is 3.20. The van der Waals surface area contributed by atoms with Crippen molar-refractivity contribution in [1.82, 2.24) is 0 Å². The smallest absolute Gasteiger partial charge is 0.461 e. The van der Waals surface area contributed by atoms with Gasteiger partial charge in [-0.2, -0.15) is 17.6 Å². The van der Waals surface area contributed by atoms with E-state index in [4.69, 9.17) is 4.74 Å². The molecule has 0 N–H and O–H groups in total. The standard InChI is InChI=1S/C18H14F6O3.C2H6/c1-9(2)26-15-7-10(3-4-14(15)20)16(25)11-5-12(19)8-13(6-11)27-18(23,24)17(21)22;1-2/h3-9,17H,1-2H3;1-2H3. The fourth-order valence-corrected chi connectivity index (χ4v) is 2.11. The molecule has 0 aliphatic carbocycles. The maximum Gasteiger partial charge on any atom is 0.461 e. The zero-order valence-electron chi connectivity index (χ0n) is 16.1. The summed E-state index contributed by atoms with van der Waals surface area (Å²) in [6.07, 6.45) is -9.40. The summed E-state index contributed by atoms with van der Waals surface area (Å²) in [7, 11) is 0. The quantitative estimate of drug-likeness (QED) is 0.391. The van der Waals surface area contributed by atoms with Gasteiger partial charge in [-0.25, -0.2) is 8.78 Å². The van der Waals surface area contributed by atoms with Crippen LogP contribution in [0.1, 0.15) is 43.6 Å². The number of ketones is 1. The van der Waals surface area contributed by atoms with E-state index in [1.54, 1.807) is 13.8 Å². The molecule has 2 aromatic carbocycles. The van der Waals surface area contributed by atoms with Gasteiger partial charge in [-0.05, 0) is 44.2 Å². The second kappa shape index (κ2) is 10.2. The summed E-state index contributed by atoms with van der Waals surface area (Å²) >= 11 is 0. The van der Waals surface area contributed by atoms with E-state index in [-0.39, 0.29) is 11.3 Å². The van der Waals surface area contributed by atoms with Gasteiger partial charge in [-0.3, -0.25) is 4.79 Å². The molecule has 0 unspecified atom stereocenters. The lowest BCUT2D eigenvalue weighted by Crippen LogP contribution is -2.33. The first kappa shape index (κ1) is 24.3. The number of benzene rings is 2. The Kier molecular flexibility index (Phi) is 8.54. The number of hydrogen-bond acceptors (Lipinski definition) is 3. The van der Waals surface area contributed by atoms with Gasteiger partial charge in [0.2, 0.25) is 0 Å². The van der Waals surface area contributed by atoms with E-state index < -0.39 is 47.4 Å². The monoisotopic (exact) mass is 422 g/mol. The van der Waals surface area contributed by atoms with Gasteiger partial charge in [-0.15, -0.1) is 0 Å². The van der Waals surface area contributed by atoms with Crippen molar-refractivity contribution in [2.75, 3.05) is 0 Å². The Morgan fingerprint density at radius 3 is 2.14 bits per heavy atom. The summed E-state index contributed by atoms with van der Waals surface area (Å²) in [6, 6.07) is 4.94. The van der Waals surface area contributed by atoms with E-state index in [2.05, 4.69) is 4.74 Å². The highest BCUT2D eigenvalue weighted by molar-refractivity contribution is 6.09. The fourth-order valence-electron chi connectivity index (χ4n) is 2.11. The predicted octanol–water partition coefficient (Wildman–Crippen LogP) is 6.25. The molecule has 0 bridgehead atoms. The van der Waals surface area contributed by atoms with Crippen LogP contribution in [0.2, 0.25) is 0 Å². The molecule has 2 rings (SSSR count). The first-order valence-corrected chi connectivity index (χ1v) is 8.66. The molecule has 0 fully saturated rings. The van der Waals surface area contributed by atoms with E-state index in [1.807, 2.05) is 13.8 Å². The Morgan fingerprint density at radius 1 is 0.966 bits per heavy atom. The second-order valence-electron chi connectivity index (χ2n) is 5.78. The molecule has 160 valence electrons. The van der Waals surface area contributed by atoms with Crippen LogP contribution in [0, 0.1) is 11.6 Å². The van der Waals surface area contributed by atoms with Crippen LogP contribution in [-0.2, 0) is 0 Å². The molecular weight excluding hydrogens is 402 g/mol. The van der Waals surface area contributed by atoms with E-state index >= 15 is 0 Å². The first-order valence-electron chi connectivity index (χ1n) is 8.66. The Morgan fingerprint density at radius 2 is 1.59 bits per heavy atom. The van der Waals surface area contributed by atoms with Crippen LogP contribution in [0.5, 0.6) is 11.5 Å². The van der Waals surface area contributed by atoms with E-state index in [0.717, 1.165) is 18.2 Å². The predicted molar refractivity (Wildman–Crippen MR) is 94.9 cm³/mol. The topological polar surface area (TPSA) is 35.5 Å². The summed E-state index contributed by atoms with van der Waals surface area (Å²) in [6.45, 7) is 7.26. The molecule has 0 saturated heterocycles.